The van der Waals surface area contributed by atoms with E-state index in [9.17, 15) is 14.4 Å². The van der Waals surface area contributed by atoms with Gasteiger partial charge in [0.1, 0.15) is 28.7 Å². The van der Waals surface area contributed by atoms with E-state index in [0.29, 0.717) is 21.3 Å². The molecule has 3 atom stereocenters. The first-order valence-electron chi connectivity index (χ1n) is 12.9. The molecule has 2 bridgehead atoms. The van der Waals surface area contributed by atoms with Crippen molar-refractivity contribution in [1.29, 1.82) is 0 Å². The smallest absolute Gasteiger partial charge is 0.316 e. The number of fused-ring (bicyclic) bond motifs is 3. The highest BCUT2D eigenvalue weighted by molar-refractivity contribution is 9.10. The first-order valence-corrected chi connectivity index (χ1v) is 13.7. The molecule has 2 amide bonds. The minimum Gasteiger partial charge on any atom is -0.467 e. The van der Waals surface area contributed by atoms with Crippen LogP contribution < -0.4 is 10.1 Å². The second-order valence-electron chi connectivity index (χ2n) is 10.1. The second kappa shape index (κ2) is 10.4. The van der Waals surface area contributed by atoms with E-state index in [0.717, 1.165) is 30.4 Å². The first kappa shape index (κ1) is 26.1. The fraction of sp³-hybridized carbons (Fsp3) is 0.321. The van der Waals surface area contributed by atoms with Crippen molar-refractivity contribution in [3.05, 3.63) is 59.1 Å². The molecule has 4 aromatic rings. The van der Waals surface area contributed by atoms with Crippen LogP contribution in [0.2, 0.25) is 0 Å². The lowest BCUT2D eigenvalue weighted by molar-refractivity contribution is -0.141. The number of nitrogens with zero attached hydrogens (tertiary/aromatic N) is 6. The number of hydrogen-bond acceptors (Lipinski definition) is 8. The normalized spacial score (nSPS) is 19.7. The number of amides is 2. The minimum atomic E-state index is -0.581. The molecule has 2 aliphatic rings. The van der Waals surface area contributed by atoms with Gasteiger partial charge >= 0.3 is 6.01 Å². The molecular formula is C28H26BrN7O4. The molecule has 40 heavy (non-hydrogen) atoms. The number of Topliss-reactive ketones (excluding diaryl/α,β-unsaturated/α-hetero) is 1. The lowest BCUT2D eigenvalue weighted by atomic mass is 9.97. The van der Waals surface area contributed by atoms with Crippen LogP contribution in [0.15, 0.2) is 53.4 Å². The number of methoxy groups -OCH3 is 1. The van der Waals surface area contributed by atoms with Crippen molar-refractivity contribution in [3.63, 3.8) is 0 Å². The summed E-state index contributed by atoms with van der Waals surface area (Å²) in [5.74, 6) is -0.137. The molecule has 0 radical (unpaired) electrons. The number of ketones is 1. The van der Waals surface area contributed by atoms with Crippen molar-refractivity contribution in [3.8, 4) is 17.1 Å². The van der Waals surface area contributed by atoms with E-state index in [4.69, 9.17) is 4.74 Å². The van der Waals surface area contributed by atoms with Crippen molar-refractivity contribution in [2.75, 3.05) is 12.4 Å². The number of rotatable bonds is 7. The summed E-state index contributed by atoms with van der Waals surface area (Å²) in [6, 6.07) is 10.5. The Morgan fingerprint density at radius 3 is 2.62 bits per heavy atom. The summed E-state index contributed by atoms with van der Waals surface area (Å²) in [6.45, 7) is 1.36. The zero-order chi connectivity index (χ0) is 28.0. The molecule has 1 saturated heterocycles. The molecule has 1 aliphatic carbocycles. The van der Waals surface area contributed by atoms with Gasteiger partial charge in [-0.05, 0) is 70.9 Å². The highest BCUT2D eigenvalue weighted by atomic mass is 79.9. The van der Waals surface area contributed by atoms with Gasteiger partial charge in [0, 0.05) is 36.3 Å². The number of aromatic nitrogens is 5. The number of carbonyl (C=O) groups excluding carboxylic acids is 3. The van der Waals surface area contributed by atoms with Gasteiger partial charge in [0.25, 0.3) is 0 Å². The van der Waals surface area contributed by atoms with Crippen LogP contribution in [-0.2, 0) is 16.1 Å². The maximum atomic E-state index is 13.7. The van der Waals surface area contributed by atoms with E-state index in [1.165, 1.54) is 14.0 Å². The van der Waals surface area contributed by atoms with Gasteiger partial charge in [-0.25, -0.2) is 15.0 Å². The number of likely N-dealkylation sites (tertiary alicyclic amines) is 1. The Balaban J connectivity index is 1.28. The molecule has 204 valence electrons. The molecule has 3 aromatic heterocycles. The fourth-order valence-corrected chi connectivity index (χ4v) is 6.23. The minimum absolute atomic E-state index is 0.000466. The van der Waals surface area contributed by atoms with Crippen molar-refractivity contribution in [2.45, 2.75) is 44.8 Å². The maximum Gasteiger partial charge on any atom is 0.316 e. The number of pyridine rings is 1. The number of carbonyl (C=O) groups is 3. The zero-order valence-electron chi connectivity index (χ0n) is 21.9. The third kappa shape index (κ3) is 4.72. The molecule has 1 N–H and O–H groups in total. The van der Waals surface area contributed by atoms with Gasteiger partial charge in [0.05, 0.1) is 12.6 Å². The van der Waals surface area contributed by atoms with Crippen LogP contribution in [0, 0.1) is 5.92 Å². The van der Waals surface area contributed by atoms with Crippen molar-refractivity contribution in [1.82, 2.24) is 29.6 Å². The Morgan fingerprint density at radius 2 is 1.90 bits per heavy atom. The van der Waals surface area contributed by atoms with Gasteiger partial charge < -0.3 is 15.0 Å². The molecule has 1 aliphatic heterocycles. The Bertz CT molecular complexity index is 1640. The molecule has 11 nitrogen and oxygen atoms in total. The monoisotopic (exact) mass is 603 g/mol. The molecule has 1 saturated carbocycles. The molecule has 6 rings (SSSR count). The topological polar surface area (TPSA) is 132 Å². The number of halogens is 1. The Hall–Kier alpha value is -4.19. The van der Waals surface area contributed by atoms with Crippen LogP contribution in [0.4, 0.5) is 5.82 Å². The largest absolute Gasteiger partial charge is 0.467 e. The van der Waals surface area contributed by atoms with E-state index in [1.807, 2.05) is 18.2 Å². The summed E-state index contributed by atoms with van der Waals surface area (Å²) in [4.78, 5) is 53.9. The van der Waals surface area contributed by atoms with Crippen molar-refractivity contribution in [2.24, 2.45) is 5.92 Å². The number of benzene rings is 1. The third-order valence-electron chi connectivity index (χ3n) is 7.62. The Morgan fingerprint density at radius 1 is 1.10 bits per heavy atom. The first-order chi connectivity index (χ1) is 19.3. The van der Waals surface area contributed by atoms with E-state index < -0.39 is 6.04 Å². The van der Waals surface area contributed by atoms with E-state index >= 15 is 0 Å². The van der Waals surface area contributed by atoms with Crippen molar-refractivity contribution < 1.29 is 19.1 Å². The average Bonchev–Trinajstić information content (AvgIpc) is 3.66. The van der Waals surface area contributed by atoms with E-state index in [1.54, 1.807) is 40.2 Å². The van der Waals surface area contributed by atoms with Crippen LogP contribution >= 0.6 is 15.9 Å². The Labute approximate surface area is 238 Å². The average molecular weight is 604 g/mol. The summed E-state index contributed by atoms with van der Waals surface area (Å²) in [5, 5.41) is 8.03. The van der Waals surface area contributed by atoms with Crippen LogP contribution in [0.1, 0.15) is 36.7 Å². The van der Waals surface area contributed by atoms with Gasteiger partial charge in [0.15, 0.2) is 5.78 Å². The number of ether oxygens (including phenoxy) is 1. The van der Waals surface area contributed by atoms with Crippen LogP contribution in [0.25, 0.3) is 22.0 Å². The van der Waals surface area contributed by atoms with Crippen LogP contribution in [0.5, 0.6) is 6.01 Å². The number of nitrogens with one attached hydrogen (secondary N) is 1. The molecule has 0 spiro atoms. The molecular weight excluding hydrogens is 578 g/mol. The third-order valence-corrected chi connectivity index (χ3v) is 8.06. The number of hydrogen-bond donors (Lipinski definition) is 1. The molecule has 12 heteroatoms. The fourth-order valence-electron chi connectivity index (χ4n) is 5.88. The highest BCUT2D eigenvalue weighted by Gasteiger charge is 2.51. The summed E-state index contributed by atoms with van der Waals surface area (Å²) in [6.07, 6.45) is 5.84. The van der Waals surface area contributed by atoms with Crippen molar-refractivity contribution >= 4 is 50.2 Å². The maximum absolute atomic E-state index is 13.7. The predicted octanol–water partition coefficient (Wildman–Crippen LogP) is 3.88. The molecule has 2 fully saturated rings. The van der Waals surface area contributed by atoms with Gasteiger partial charge in [0.2, 0.25) is 11.8 Å². The summed E-state index contributed by atoms with van der Waals surface area (Å²) in [7, 11) is 1.50. The van der Waals surface area contributed by atoms with Gasteiger partial charge in [-0.1, -0.05) is 12.1 Å². The summed E-state index contributed by atoms with van der Waals surface area (Å²) in [5.41, 5.74) is 2.48. The van der Waals surface area contributed by atoms with Gasteiger partial charge in [-0.3, -0.25) is 19.1 Å². The lowest BCUT2D eigenvalue weighted by Crippen LogP contribution is -2.52. The molecule has 1 aromatic carbocycles. The molecule has 4 heterocycles. The highest BCUT2D eigenvalue weighted by Crippen LogP contribution is 2.43. The summed E-state index contributed by atoms with van der Waals surface area (Å²) < 4.78 is 7.20. The van der Waals surface area contributed by atoms with E-state index in [2.05, 4.69) is 41.3 Å². The van der Waals surface area contributed by atoms with Gasteiger partial charge in [-0.15, -0.1) is 0 Å². The van der Waals surface area contributed by atoms with E-state index in [-0.39, 0.29) is 47.8 Å². The Kier molecular flexibility index (Phi) is 6.78. The number of anilines is 1. The quantitative estimate of drug-likeness (QED) is 0.248. The predicted molar refractivity (Wildman–Crippen MR) is 150 cm³/mol. The summed E-state index contributed by atoms with van der Waals surface area (Å²) >= 11 is 3.32. The second-order valence-corrected chi connectivity index (χ2v) is 10.9. The molecule has 0 unspecified atom stereocenters. The lowest BCUT2D eigenvalue weighted by Gasteiger charge is -2.34. The SMILES string of the molecule is COc1ncc(-c2ccc3c(c2)c(C(C)=O)nn3CC(=O)N2[C@@H]3CC[C@@H](C3)[C@H]2C(=O)Nc2cccc(Br)n2)cn1. The van der Waals surface area contributed by atoms with Crippen LogP contribution in [0.3, 0.4) is 0 Å². The number of piperidine rings is 1. The zero-order valence-corrected chi connectivity index (χ0v) is 23.5. The van der Waals surface area contributed by atoms with Gasteiger partial charge in [-0.2, -0.15) is 5.10 Å². The van der Waals surface area contributed by atoms with Crippen LogP contribution in [-0.4, -0.2) is 66.4 Å². The standard InChI is InChI=1S/C28H26BrN7O4/c1-15(37)25-20-11-16(18-12-30-28(40-2)31-13-18)7-9-21(20)35(34-25)14-24(38)36-19-8-6-17(10-19)26(36)27(39)33-23-5-3-4-22(29)32-23/h3-5,7,9,11-13,17,19,26H,6,8,10,14H2,1-2H3,(H,32,33,39)/t17-,19+,26-/m0/s1.